The number of amides is 2. The van der Waals surface area contributed by atoms with Gasteiger partial charge >= 0.3 is 0 Å². The average Bonchev–Trinajstić information content (AvgIpc) is 2.83. The highest BCUT2D eigenvalue weighted by molar-refractivity contribution is 5.89. The van der Waals surface area contributed by atoms with Crippen LogP contribution in [0.2, 0.25) is 0 Å². The van der Waals surface area contributed by atoms with Crippen molar-refractivity contribution >= 4 is 11.8 Å². The molecule has 0 radical (unpaired) electrons. The molecule has 1 fully saturated rings. The van der Waals surface area contributed by atoms with E-state index in [-0.39, 0.29) is 17.7 Å². The minimum absolute atomic E-state index is 0.0415. The fraction of sp³-hybridized carbons (Fsp3) is 0.259. The molecule has 2 amide bonds. The van der Waals surface area contributed by atoms with E-state index in [9.17, 15) is 9.59 Å². The first-order valence-corrected chi connectivity index (χ1v) is 11.0. The van der Waals surface area contributed by atoms with Crippen LogP contribution in [0, 0.1) is 0 Å². The van der Waals surface area contributed by atoms with Crippen molar-refractivity contribution < 1.29 is 9.59 Å². The largest absolute Gasteiger partial charge is 0.353 e. The molecule has 1 heterocycles. The number of piperidine rings is 1. The van der Waals surface area contributed by atoms with Crippen LogP contribution in [0.3, 0.4) is 0 Å². The predicted molar refractivity (Wildman–Crippen MR) is 122 cm³/mol. The van der Waals surface area contributed by atoms with Gasteiger partial charge in [-0.1, -0.05) is 91.0 Å². The van der Waals surface area contributed by atoms with Crippen LogP contribution in [0.5, 0.6) is 0 Å². The molecule has 31 heavy (non-hydrogen) atoms. The van der Waals surface area contributed by atoms with Crippen LogP contribution < -0.4 is 5.32 Å². The molecule has 4 rings (SSSR count). The predicted octanol–water partition coefficient (Wildman–Crippen LogP) is 4.69. The Morgan fingerprint density at radius 1 is 0.774 bits per heavy atom. The molecule has 1 saturated heterocycles. The molecule has 1 N–H and O–H groups in total. The number of hydrogen-bond acceptors (Lipinski definition) is 2. The number of nitrogens with zero attached hydrogens (tertiary/aromatic N) is 1. The maximum atomic E-state index is 13.5. The molecule has 158 valence electrons. The van der Waals surface area contributed by atoms with Crippen molar-refractivity contribution in [1.82, 2.24) is 10.2 Å². The zero-order valence-electron chi connectivity index (χ0n) is 17.6. The number of hydrogen-bond donors (Lipinski definition) is 1. The van der Waals surface area contributed by atoms with Crippen molar-refractivity contribution in [3.05, 3.63) is 108 Å². The Morgan fingerprint density at radius 2 is 1.29 bits per heavy atom. The Labute approximate surface area is 183 Å². The van der Waals surface area contributed by atoms with Gasteiger partial charge in [-0.3, -0.25) is 9.59 Å². The standard InChI is InChI=1S/C27H28N2O2/c30-25-18-10-11-19-29(25)26(23-16-8-3-9-17-23)27(31)28-20-24(21-12-4-1-5-13-21)22-14-6-2-7-15-22/h1-9,12-17,24,26H,10-11,18-20H2,(H,28,31). The van der Waals surface area contributed by atoms with Gasteiger partial charge in [-0.15, -0.1) is 0 Å². The van der Waals surface area contributed by atoms with Gasteiger partial charge in [0.15, 0.2) is 0 Å². The molecular weight excluding hydrogens is 384 g/mol. The van der Waals surface area contributed by atoms with E-state index in [1.165, 1.54) is 0 Å². The van der Waals surface area contributed by atoms with Gasteiger partial charge in [0.25, 0.3) is 0 Å². The fourth-order valence-electron chi connectivity index (χ4n) is 4.31. The fourth-order valence-corrected chi connectivity index (χ4v) is 4.31. The molecule has 0 saturated carbocycles. The van der Waals surface area contributed by atoms with E-state index in [1.54, 1.807) is 4.90 Å². The van der Waals surface area contributed by atoms with Gasteiger partial charge in [-0.05, 0) is 29.5 Å². The lowest BCUT2D eigenvalue weighted by atomic mass is 9.91. The third-order valence-electron chi connectivity index (χ3n) is 5.92. The van der Waals surface area contributed by atoms with Gasteiger partial charge in [0.1, 0.15) is 6.04 Å². The molecule has 0 bridgehead atoms. The SMILES string of the molecule is O=C(NCC(c1ccccc1)c1ccccc1)C(c1ccccc1)N1CCCCC1=O. The Kier molecular flexibility index (Phi) is 6.78. The van der Waals surface area contributed by atoms with Crippen molar-refractivity contribution in [3.63, 3.8) is 0 Å². The van der Waals surface area contributed by atoms with Crippen LogP contribution in [0.1, 0.15) is 47.9 Å². The normalized spacial score (nSPS) is 15.0. The summed E-state index contributed by atoms with van der Waals surface area (Å²) < 4.78 is 0. The third-order valence-corrected chi connectivity index (χ3v) is 5.92. The van der Waals surface area contributed by atoms with E-state index in [0.717, 1.165) is 29.5 Å². The van der Waals surface area contributed by atoms with Gasteiger partial charge in [-0.25, -0.2) is 0 Å². The molecule has 4 nitrogen and oxygen atoms in total. The Bertz CT molecular complexity index is 950. The molecular formula is C27H28N2O2. The van der Waals surface area contributed by atoms with Crippen molar-refractivity contribution in [1.29, 1.82) is 0 Å². The molecule has 4 heteroatoms. The molecule has 1 aliphatic heterocycles. The maximum Gasteiger partial charge on any atom is 0.247 e. The first-order chi connectivity index (χ1) is 15.2. The Morgan fingerprint density at radius 3 is 1.81 bits per heavy atom. The summed E-state index contributed by atoms with van der Waals surface area (Å²) in [7, 11) is 0. The summed E-state index contributed by atoms with van der Waals surface area (Å²) in [5, 5.41) is 3.16. The highest BCUT2D eigenvalue weighted by atomic mass is 16.2. The molecule has 1 unspecified atom stereocenters. The maximum absolute atomic E-state index is 13.5. The molecule has 1 aliphatic rings. The third kappa shape index (κ3) is 5.02. The number of carbonyl (C=O) groups excluding carboxylic acids is 2. The number of benzene rings is 3. The van der Waals surface area contributed by atoms with Gasteiger partial charge in [0, 0.05) is 25.4 Å². The van der Waals surface area contributed by atoms with E-state index in [0.29, 0.717) is 19.5 Å². The monoisotopic (exact) mass is 412 g/mol. The number of likely N-dealkylation sites (tertiary alicyclic amines) is 1. The second-order valence-electron chi connectivity index (χ2n) is 7.98. The van der Waals surface area contributed by atoms with Crippen molar-refractivity contribution in [2.45, 2.75) is 31.2 Å². The van der Waals surface area contributed by atoms with E-state index in [2.05, 4.69) is 29.6 Å². The van der Waals surface area contributed by atoms with Crippen LogP contribution in [-0.4, -0.2) is 29.8 Å². The lowest BCUT2D eigenvalue weighted by Crippen LogP contribution is -2.46. The molecule has 3 aromatic rings. The average molecular weight is 413 g/mol. The Balaban J connectivity index is 1.58. The zero-order chi connectivity index (χ0) is 21.5. The summed E-state index contributed by atoms with van der Waals surface area (Å²) in [6.45, 7) is 1.09. The van der Waals surface area contributed by atoms with E-state index < -0.39 is 6.04 Å². The van der Waals surface area contributed by atoms with E-state index in [1.807, 2.05) is 66.7 Å². The van der Waals surface area contributed by atoms with Gasteiger partial charge in [0.05, 0.1) is 0 Å². The first-order valence-electron chi connectivity index (χ1n) is 11.0. The highest BCUT2D eigenvalue weighted by Crippen LogP contribution is 2.27. The van der Waals surface area contributed by atoms with Crippen LogP contribution in [0.4, 0.5) is 0 Å². The van der Waals surface area contributed by atoms with Crippen LogP contribution in [0.25, 0.3) is 0 Å². The minimum atomic E-state index is -0.596. The van der Waals surface area contributed by atoms with Crippen molar-refractivity contribution in [3.8, 4) is 0 Å². The Hall–Kier alpha value is -3.40. The van der Waals surface area contributed by atoms with E-state index in [4.69, 9.17) is 0 Å². The number of nitrogens with one attached hydrogen (secondary N) is 1. The number of carbonyl (C=O) groups is 2. The lowest BCUT2D eigenvalue weighted by Gasteiger charge is -2.34. The van der Waals surface area contributed by atoms with Gasteiger partial charge in [-0.2, -0.15) is 0 Å². The van der Waals surface area contributed by atoms with Crippen LogP contribution in [0.15, 0.2) is 91.0 Å². The molecule has 0 aromatic heterocycles. The minimum Gasteiger partial charge on any atom is -0.353 e. The number of rotatable bonds is 7. The zero-order valence-corrected chi connectivity index (χ0v) is 17.6. The van der Waals surface area contributed by atoms with Gasteiger partial charge < -0.3 is 10.2 Å². The van der Waals surface area contributed by atoms with Crippen molar-refractivity contribution in [2.24, 2.45) is 0 Å². The highest BCUT2D eigenvalue weighted by Gasteiger charge is 2.33. The second kappa shape index (κ2) is 10.1. The lowest BCUT2D eigenvalue weighted by molar-refractivity contribution is -0.142. The quantitative estimate of drug-likeness (QED) is 0.612. The van der Waals surface area contributed by atoms with Gasteiger partial charge in [0.2, 0.25) is 11.8 Å². The summed E-state index contributed by atoms with van der Waals surface area (Å²) in [5.41, 5.74) is 3.16. The summed E-state index contributed by atoms with van der Waals surface area (Å²) >= 11 is 0. The molecule has 1 atom stereocenters. The second-order valence-corrected chi connectivity index (χ2v) is 7.98. The summed E-state index contributed by atoms with van der Waals surface area (Å²) in [5.74, 6) is -0.0314. The van der Waals surface area contributed by atoms with Crippen LogP contribution in [-0.2, 0) is 9.59 Å². The molecule has 0 spiro atoms. The summed E-state index contributed by atoms with van der Waals surface area (Å²) in [6.07, 6.45) is 2.33. The molecule has 0 aliphatic carbocycles. The topological polar surface area (TPSA) is 49.4 Å². The van der Waals surface area contributed by atoms with Crippen LogP contribution >= 0.6 is 0 Å². The van der Waals surface area contributed by atoms with Crippen molar-refractivity contribution in [2.75, 3.05) is 13.1 Å². The van der Waals surface area contributed by atoms with E-state index >= 15 is 0 Å². The molecule has 3 aromatic carbocycles. The first kappa shape index (κ1) is 20.9. The summed E-state index contributed by atoms with van der Waals surface area (Å²) in [4.78, 5) is 27.8. The smallest absolute Gasteiger partial charge is 0.247 e. The summed E-state index contributed by atoms with van der Waals surface area (Å²) in [6, 6.07) is 29.5.